The van der Waals surface area contributed by atoms with Crippen molar-refractivity contribution < 1.29 is 23.0 Å². The van der Waals surface area contributed by atoms with Gasteiger partial charge in [0, 0.05) is 38.2 Å². The Labute approximate surface area is 211 Å². The summed E-state index contributed by atoms with van der Waals surface area (Å²) in [4.78, 5) is 24.8. The van der Waals surface area contributed by atoms with Gasteiger partial charge >= 0.3 is 6.09 Å². The van der Waals surface area contributed by atoms with Gasteiger partial charge in [-0.2, -0.15) is 0 Å². The highest BCUT2D eigenvalue weighted by molar-refractivity contribution is 5.67. The molecule has 36 heavy (non-hydrogen) atoms. The Morgan fingerprint density at radius 2 is 1.81 bits per heavy atom. The van der Waals surface area contributed by atoms with E-state index in [1.807, 2.05) is 18.7 Å². The third kappa shape index (κ3) is 6.62. The second-order valence-corrected chi connectivity index (χ2v) is 10.2. The molecular formula is C27H36F2N4O3. The lowest BCUT2D eigenvalue weighted by atomic mass is 9.84. The number of amides is 1. The SMILES string of the molecule is CC(C)OC(=O)N1CCC(C(C)CCOc2cnc(N3CCC(c4ccc(F)cc4F)C3)nc2)CC1. The Hall–Kier alpha value is -2.97. The zero-order valence-corrected chi connectivity index (χ0v) is 21.3. The molecule has 2 aromatic rings. The number of piperidine rings is 1. The molecule has 3 heterocycles. The molecule has 1 aromatic carbocycles. The van der Waals surface area contributed by atoms with Gasteiger partial charge in [0.2, 0.25) is 5.95 Å². The fourth-order valence-electron chi connectivity index (χ4n) is 5.10. The fourth-order valence-corrected chi connectivity index (χ4v) is 5.10. The van der Waals surface area contributed by atoms with Gasteiger partial charge in [-0.3, -0.25) is 0 Å². The van der Waals surface area contributed by atoms with Gasteiger partial charge in [0.1, 0.15) is 11.6 Å². The van der Waals surface area contributed by atoms with Crippen molar-refractivity contribution in [1.82, 2.24) is 14.9 Å². The molecule has 196 valence electrons. The molecule has 1 amide bonds. The summed E-state index contributed by atoms with van der Waals surface area (Å²) in [5, 5.41) is 0. The normalized spacial score (nSPS) is 19.6. The van der Waals surface area contributed by atoms with Crippen molar-refractivity contribution in [3.63, 3.8) is 0 Å². The Kier molecular flexibility index (Phi) is 8.59. The largest absolute Gasteiger partial charge is 0.490 e. The number of hydrogen-bond donors (Lipinski definition) is 0. The van der Waals surface area contributed by atoms with Crippen LogP contribution in [0, 0.1) is 23.5 Å². The summed E-state index contributed by atoms with van der Waals surface area (Å²) in [5.41, 5.74) is 0.536. The van der Waals surface area contributed by atoms with Gasteiger partial charge in [0.25, 0.3) is 0 Å². The zero-order valence-electron chi connectivity index (χ0n) is 21.3. The first-order valence-electron chi connectivity index (χ1n) is 12.9. The van der Waals surface area contributed by atoms with Gasteiger partial charge in [-0.25, -0.2) is 23.5 Å². The predicted molar refractivity (Wildman–Crippen MR) is 133 cm³/mol. The van der Waals surface area contributed by atoms with Crippen LogP contribution in [0.1, 0.15) is 57.9 Å². The van der Waals surface area contributed by atoms with Gasteiger partial charge in [-0.1, -0.05) is 13.0 Å². The molecule has 9 heteroatoms. The van der Waals surface area contributed by atoms with Crippen LogP contribution in [0.25, 0.3) is 0 Å². The molecule has 0 radical (unpaired) electrons. The predicted octanol–water partition coefficient (Wildman–Crippen LogP) is 5.41. The zero-order chi connectivity index (χ0) is 25.7. The lowest BCUT2D eigenvalue weighted by molar-refractivity contribution is 0.0597. The minimum absolute atomic E-state index is 0.0145. The summed E-state index contributed by atoms with van der Waals surface area (Å²) in [6, 6.07) is 3.77. The number of likely N-dealkylation sites (tertiary alicyclic amines) is 1. The first-order valence-corrected chi connectivity index (χ1v) is 12.9. The van der Waals surface area contributed by atoms with Crippen LogP contribution in [0.5, 0.6) is 5.75 Å². The molecule has 0 bridgehead atoms. The maximum absolute atomic E-state index is 14.1. The highest BCUT2D eigenvalue weighted by Crippen LogP contribution is 2.31. The van der Waals surface area contributed by atoms with E-state index in [-0.39, 0.29) is 18.1 Å². The van der Waals surface area contributed by atoms with Crippen LogP contribution in [0.4, 0.5) is 19.5 Å². The van der Waals surface area contributed by atoms with Gasteiger partial charge in [-0.05, 0) is 63.0 Å². The van der Waals surface area contributed by atoms with Crippen molar-refractivity contribution in [2.24, 2.45) is 11.8 Å². The Bertz CT molecular complexity index is 1010. The lowest BCUT2D eigenvalue weighted by Gasteiger charge is -2.34. The molecule has 2 saturated heterocycles. The first-order chi connectivity index (χ1) is 17.3. The first kappa shape index (κ1) is 26.1. The smallest absolute Gasteiger partial charge is 0.410 e. The van der Waals surface area contributed by atoms with Crippen LogP contribution < -0.4 is 9.64 Å². The summed E-state index contributed by atoms with van der Waals surface area (Å²) in [5.74, 6) is 1.18. The van der Waals surface area contributed by atoms with Gasteiger partial charge in [0.15, 0.2) is 5.75 Å². The summed E-state index contributed by atoms with van der Waals surface area (Å²) in [6.45, 7) is 9.33. The average molecular weight is 503 g/mol. The van der Waals surface area contributed by atoms with E-state index in [1.165, 1.54) is 12.1 Å². The van der Waals surface area contributed by atoms with E-state index < -0.39 is 11.6 Å². The summed E-state index contributed by atoms with van der Waals surface area (Å²) < 4.78 is 38.6. The topological polar surface area (TPSA) is 67.8 Å². The molecule has 4 rings (SSSR count). The molecule has 0 spiro atoms. The molecule has 2 aliphatic rings. The van der Waals surface area contributed by atoms with Crippen LogP contribution in [0.2, 0.25) is 0 Å². The fraction of sp³-hybridized carbons (Fsp3) is 0.593. The van der Waals surface area contributed by atoms with E-state index in [2.05, 4.69) is 16.9 Å². The summed E-state index contributed by atoms with van der Waals surface area (Å²) in [7, 11) is 0. The maximum atomic E-state index is 14.1. The molecule has 0 aliphatic carbocycles. The number of benzene rings is 1. The number of ether oxygens (including phenoxy) is 2. The van der Waals surface area contributed by atoms with Crippen molar-refractivity contribution in [2.75, 3.05) is 37.7 Å². The highest BCUT2D eigenvalue weighted by Gasteiger charge is 2.29. The number of carbonyl (C=O) groups excluding carboxylic acids is 1. The van der Waals surface area contributed by atoms with Gasteiger partial charge in [0.05, 0.1) is 25.1 Å². The molecule has 7 nitrogen and oxygen atoms in total. The molecule has 2 atom stereocenters. The monoisotopic (exact) mass is 502 g/mol. The van der Waals surface area contributed by atoms with E-state index in [9.17, 15) is 13.6 Å². The molecule has 1 aromatic heterocycles. The quantitative estimate of drug-likeness (QED) is 0.481. The average Bonchev–Trinajstić information content (AvgIpc) is 3.34. The third-order valence-corrected chi connectivity index (χ3v) is 7.27. The van der Waals surface area contributed by atoms with Crippen molar-refractivity contribution >= 4 is 12.0 Å². The van der Waals surface area contributed by atoms with E-state index in [0.29, 0.717) is 48.8 Å². The van der Waals surface area contributed by atoms with Gasteiger partial charge < -0.3 is 19.3 Å². The number of nitrogens with zero attached hydrogens (tertiary/aromatic N) is 4. The number of anilines is 1. The summed E-state index contributed by atoms with van der Waals surface area (Å²) >= 11 is 0. The molecule has 2 unspecified atom stereocenters. The Morgan fingerprint density at radius 1 is 1.08 bits per heavy atom. The Balaban J connectivity index is 1.19. The molecular weight excluding hydrogens is 466 g/mol. The van der Waals surface area contributed by atoms with E-state index >= 15 is 0 Å². The van der Waals surface area contributed by atoms with Crippen LogP contribution in [-0.2, 0) is 4.74 Å². The Morgan fingerprint density at radius 3 is 2.47 bits per heavy atom. The standard InChI is InChI=1S/C27H36F2N4O3/c1-18(2)36-27(34)32-10-6-20(7-11-32)19(3)9-13-35-23-15-30-26(31-16-23)33-12-8-21(17-33)24-5-4-22(28)14-25(24)29/h4-5,14-16,18-21H,6-13,17H2,1-3H3. The summed E-state index contributed by atoms with van der Waals surface area (Å²) in [6.07, 6.45) is 6.68. The number of carbonyl (C=O) groups is 1. The van der Waals surface area contributed by atoms with Crippen molar-refractivity contribution in [3.05, 3.63) is 47.8 Å². The maximum Gasteiger partial charge on any atom is 0.410 e. The van der Waals surface area contributed by atoms with Crippen LogP contribution in [-0.4, -0.2) is 59.9 Å². The van der Waals surface area contributed by atoms with Crippen molar-refractivity contribution in [1.29, 1.82) is 0 Å². The lowest BCUT2D eigenvalue weighted by Crippen LogP contribution is -2.41. The van der Waals surface area contributed by atoms with Gasteiger partial charge in [-0.15, -0.1) is 0 Å². The second-order valence-electron chi connectivity index (χ2n) is 10.2. The second kappa shape index (κ2) is 11.8. The van der Waals surface area contributed by atoms with E-state index in [4.69, 9.17) is 9.47 Å². The van der Waals surface area contributed by atoms with Crippen molar-refractivity contribution in [2.45, 2.75) is 58.5 Å². The third-order valence-electron chi connectivity index (χ3n) is 7.27. The number of aromatic nitrogens is 2. The van der Waals surface area contributed by atoms with Crippen LogP contribution in [0.15, 0.2) is 30.6 Å². The van der Waals surface area contributed by atoms with E-state index in [1.54, 1.807) is 17.3 Å². The molecule has 2 fully saturated rings. The minimum Gasteiger partial charge on any atom is -0.490 e. The molecule has 0 saturated carbocycles. The van der Waals surface area contributed by atoms with E-state index in [0.717, 1.165) is 44.8 Å². The van der Waals surface area contributed by atoms with Crippen LogP contribution >= 0.6 is 0 Å². The van der Waals surface area contributed by atoms with Crippen molar-refractivity contribution in [3.8, 4) is 5.75 Å². The number of hydrogen-bond acceptors (Lipinski definition) is 6. The number of halogens is 2. The number of rotatable bonds is 8. The molecule has 0 N–H and O–H groups in total. The van der Waals surface area contributed by atoms with Crippen LogP contribution in [0.3, 0.4) is 0 Å². The molecule has 2 aliphatic heterocycles. The highest BCUT2D eigenvalue weighted by atomic mass is 19.1. The minimum atomic E-state index is -0.562.